The van der Waals surface area contributed by atoms with Crippen LogP contribution in [-0.4, -0.2) is 46.5 Å². The second-order valence-corrected chi connectivity index (χ2v) is 4.63. The molecule has 0 bridgehead atoms. The summed E-state index contributed by atoms with van der Waals surface area (Å²) in [5, 5.41) is 15.7. The summed E-state index contributed by atoms with van der Waals surface area (Å²) in [4.78, 5) is 23.2. The van der Waals surface area contributed by atoms with Crippen LogP contribution in [-0.2, 0) is 9.53 Å². The van der Waals surface area contributed by atoms with E-state index in [4.69, 9.17) is 9.84 Å². The van der Waals surface area contributed by atoms with E-state index >= 15 is 0 Å². The average molecular weight is 303 g/mol. The smallest absolute Gasteiger partial charge is 0.326 e. The number of carbonyl (C=O) groups excluding carboxylic acids is 1. The van der Waals surface area contributed by atoms with Gasteiger partial charge in [-0.3, -0.25) is 4.79 Å². The predicted octanol–water partition coefficient (Wildman–Crippen LogP) is 1.09. The van der Waals surface area contributed by atoms with Crippen molar-refractivity contribution in [3.63, 3.8) is 0 Å². The Kier molecular flexibility index (Phi) is 5.26. The Morgan fingerprint density at radius 1 is 1.32 bits per heavy atom. The van der Waals surface area contributed by atoms with Gasteiger partial charge < -0.3 is 15.2 Å². The SMILES string of the molecule is COCCC(NC(=O)c1ccn(-c2ccccc2)n1)C(=O)O. The van der Waals surface area contributed by atoms with Gasteiger partial charge in [-0.05, 0) is 18.2 Å². The Balaban J connectivity index is 2.06. The fourth-order valence-electron chi connectivity index (χ4n) is 1.89. The monoisotopic (exact) mass is 303 g/mol. The third kappa shape index (κ3) is 3.92. The Bertz CT molecular complexity index is 639. The molecule has 2 aromatic rings. The molecule has 0 aliphatic heterocycles. The first-order chi connectivity index (χ1) is 10.6. The van der Waals surface area contributed by atoms with E-state index in [-0.39, 0.29) is 18.7 Å². The quantitative estimate of drug-likeness (QED) is 0.798. The molecule has 1 atom stereocenters. The second kappa shape index (κ2) is 7.37. The van der Waals surface area contributed by atoms with Crippen molar-refractivity contribution in [2.24, 2.45) is 0 Å². The molecule has 22 heavy (non-hydrogen) atoms. The minimum atomic E-state index is -1.10. The van der Waals surface area contributed by atoms with Crippen LogP contribution < -0.4 is 5.32 Å². The molecule has 7 nitrogen and oxygen atoms in total. The summed E-state index contributed by atoms with van der Waals surface area (Å²) in [6.07, 6.45) is 1.84. The van der Waals surface area contributed by atoms with E-state index in [2.05, 4.69) is 10.4 Å². The summed E-state index contributed by atoms with van der Waals surface area (Å²) in [5.41, 5.74) is 0.975. The third-order valence-electron chi connectivity index (χ3n) is 3.06. The van der Waals surface area contributed by atoms with Gasteiger partial charge in [0, 0.05) is 26.3 Å². The zero-order chi connectivity index (χ0) is 15.9. The maximum atomic E-state index is 12.1. The van der Waals surface area contributed by atoms with Crippen molar-refractivity contribution in [2.45, 2.75) is 12.5 Å². The zero-order valence-corrected chi connectivity index (χ0v) is 12.1. The fourth-order valence-corrected chi connectivity index (χ4v) is 1.89. The predicted molar refractivity (Wildman–Crippen MR) is 78.9 cm³/mol. The van der Waals surface area contributed by atoms with Gasteiger partial charge in [-0.1, -0.05) is 18.2 Å². The number of para-hydroxylation sites is 1. The van der Waals surface area contributed by atoms with Crippen LogP contribution in [0.5, 0.6) is 0 Å². The van der Waals surface area contributed by atoms with Gasteiger partial charge in [0.15, 0.2) is 5.69 Å². The summed E-state index contributed by atoms with van der Waals surface area (Å²) in [5.74, 6) is -1.63. The maximum Gasteiger partial charge on any atom is 0.326 e. The summed E-state index contributed by atoms with van der Waals surface area (Å²) in [6, 6.07) is 9.85. The van der Waals surface area contributed by atoms with Crippen molar-refractivity contribution in [3.8, 4) is 5.69 Å². The molecule has 2 N–H and O–H groups in total. The number of carboxylic acid groups (broad SMARTS) is 1. The standard InChI is InChI=1S/C15H17N3O4/c1-22-10-8-13(15(20)21)16-14(19)12-7-9-18(17-12)11-5-3-2-4-6-11/h2-7,9,13H,8,10H2,1H3,(H,16,19)(H,20,21). The normalized spacial score (nSPS) is 11.9. The molecule has 0 radical (unpaired) electrons. The Labute approximate surface area is 127 Å². The van der Waals surface area contributed by atoms with Gasteiger partial charge in [0.2, 0.25) is 0 Å². The molecule has 0 saturated carbocycles. The molecule has 1 aromatic carbocycles. The first-order valence-corrected chi connectivity index (χ1v) is 6.75. The second-order valence-electron chi connectivity index (χ2n) is 4.63. The van der Waals surface area contributed by atoms with Crippen LogP contribution in [0.1, 0.15) is 16.9 Å². The number of nitrogens with one attached hydrogen (secondary N) is 1. The Morgan fingerprint density at radius 2 is 2.05 bits per heavy atom. The Morgan fingerprint density at radius 3 is 2.68 bits per heavy atom. The molecule has 2 rings (SSSR count). The van der Waals surface area contributed by atoms with Crippen LogP contribution in [0, 0.1) is 0 Å². The molecule has 0 fully saturated rings. The van der Waals surface area contributed by atoms with Crippen molar-refractivity contribution in [3.05, 3.63) is 48.3 Å². The van der Waals surface area contributed by atoms with Gasteiger partial charge in [-0.25, -0.2) is 9.48 Å². The van der Waals surface area contributed by atoms with Crippen molar-refractivity contribution in [1.29, 1.82) is 0 Å². The lowest BCUT2D eigenvalue weighted by atomic mass is 10.2. The van der Waals surface area contributed by atoms with E-state index < -0.39 is 17.9 Å². The Hall–Kier alpha value is -2.67. The van der Waals surface area contributed by atoms with Gasteiger partial charge in [0.1, 0.15) is 6.04 Å². The molecular weight excluding hydrogens is 286 g/mol. The van der Waals surface area contributed by atoms with Gasteiger partial charge >= 0.3 is 5.97 Å². The van der Waals surface area contributed by atoms with Crippen LogP contribution in [0.15, 0.2) is 42.6 Å². The average Bonchev–Trinajstić information content (AvgIpc) is 3.02. The van der Waals surface area contributed by atoms with Crippen molar-refractivity contribution in [2.75, 3.05) is 13.7 Å². The van der Waals surface area contributed by atoms with Crippen LogP contribution in [0.2, 0.25) is 0 Å². The molecule has 1 heterocycles. The summed E-state index contributed by atoms with van der Waals surface area (Å²) < 4.78 is 6.39. The molecule has 0 spiro atoms. The van der Waals surface area contributed by atoms with Crippen molar-refractivity contribution < 1.29 is 19.4 Å². The largest absolute Gasteiger partial charge is 0.480 e. The highest BCUT2D eigenvalue weighted by molar-refractivity contribution is 5.94. The number of aliphatic carboxylic acids is 1. The maximum absolute atomic E-state index is 12.1. The lowest BCUT2D eigenvalue weighted by Crippen LogP contribution is -2.41. The third-order valence-corrected chi connectivity index (χ3v) is 3.06. The van der Waals surface area contributed by atoms with Gasteiger partial charge in [-0.15, -0.1) is 0 Å². The van der Waals surface area contributed by atoms with Crippen molar-refractivity contribution >= 4 is 11.9 Å². The molecule has 1 aromatic heterocycles. The summed E-state index contributed by atoms with van der Waals surface area (Å²) in [6.45, 7) is 0.246. The number of ether oxygens (including phenoxy) is 1. The number of hydrogen-bond acceptors (Lipinski definition) is 4. The van der Waals surface area contributed by atoms with Crippen LogP contribution in [0.25, 0.3) is 5.69 Å². The number of nitrogens with zero attached hydrogens (tertiary/aromatic N) is 2. The number of carbonyl (C=O) groups is 2. The number of benzene rings is 1. The molecule has 1 unspecified atom stereocenters. The topological polar surface area (TPSA) is 93.5 Å². The van der Waals surface area contributed by atoms with E-state index in [1.165, 1.54) is 13.2 Å². The van der Waals surface area contributed by atoms with E-state index in [1.807, 2.05) is 30.3 Å². The van der Waals surface area contributed by atoms with Crippen LogP contribution >= 0.6 is 0 Å². The number of amides is 1. The molecular formula is C15H17N3O4. The summed E-state index contributed by atoms with van der Waals surface area (Å²) in [7, 11) is 1.47. The number of methoxy groups -OCH3 is 1. The van der Waals surface area contributed by atoms with Crippen LogP contribution in [0.4, 0.5) is 0 Å². The van der Waals surface area contributed by atoms with E-state index in [0.29, 0.717) is 0 Å². The van der Waals surface area contributed by atoms with E-state index in [0.717, 1.165) is 5.69 Å². The molecule has 0 aliphatic carbocycles. The molecule has 1 amide bonds. The molecule has 0 saturated heterocycles. The first-order valence-electron chi connectivity index (χ1n) is 6.75. The molecule has 0 aliphatic rings. The van der Waals surface area contributed by atoms with Crippen molar-refractivity contribution in [1.82, 2.24) is 15.1 Å². The minimum Gasteiger partial charge on any atom is -0.480 e. The lowest BCUT2D eigenvalue weighted by Gasteiger charge is -2.12. The van der Waals surface area contributed by atoms with E-state index in [9.17, 15) is 9.59 Å². The zero-order valence-electron chi connectivity index (χ0n) is 12.1. The highest BCUT2D eigenvalue weighted by Gasteiger charge is 2.21. The lowest BCUT2D eigenvalue weighted by molar-refractivity contribution is -0.139. The number of hydrogen-bond donors (Lipinski definition) is 2. The van der Waals surface area contributed by atoms with Gasteiger partial charge in [-0.2, -0.15) is 5.10 Å². The van der Waals surface area contributed by atoms with Gasteiger partial charge in [0.25, 0.3) is 5.91 Å². The highest BCUT2D eigenvalue weighted by Crippen LogP contribution is 2.07. The molecule has 7 heteroatoms. The van der Waals surface area contributed by atoms with E-state index in [1.54, 1.807) is 10.9 Å². The molecule has 116 valence electrons. The van der Waals surface area contributed by atoms with Gasteiger partial charge in [0.05, 0.1) is 5.69 Å². The fraction of sp³-hybridized carbons (Fsp3) is 0.267. The first kappa shape index (κ1) is 15.7. The number of carboxylic acids is 1. The summed E-state index contributed by atoms with van der Waals surface area (Å²) >= 11 is 0. The number of rotatable bonds is 7. The number of aromatic nitrogens is 2. The van der Waals surface area contributed by atoms with Crippen LogP contribution in [0.3, 0.4) is 0 Å². The highest BCUT2D eigenvalue weighted by atomic mass is 16.5. The minimum absolute atomic E-state index is 0.160.